The lowest BCUT2D eigenvalue weighted by atomic mass is 10.1. The molecule has 3 aromatic rings. The van der Waals surface area contributed by atoms with Gasteiger partial charge >= 0.3 is 0 Å². The zero-order valence-corrected chi connectivity index (χ0v) is 20.8. The number of carbonyl (C=O) groups is 2. The van der Waals surface area contributed by atoms with E-state index < -0.39 is 10.7 Å². The Kier molecular flexibility index (Phi) is 8.11. The normalized spacial score (nSPS) is 15.6. The van der Waals surface area contributed by atoms with Crippen LogP contribution in [0.5, 0.6) is 0 Å². The Labute approximate surface area is 216 Å². The molecule has 34 heavy (non-hydrogen) atoms. The molecule has 1 aromatic carbocycles. The molecule has 0 radical (unpaired) electrons. The molecule has 1 amide bonds. The number of nitrogens with zero attached hydrogens (tertiary/aromatic N) is 3. The van der Waals surface area contributed by atoms with E-state index in [0.29, 0.717) is 38.4 Å². The van der Waals surface area contributed by atoms with E-state index in [1.165, 1.54) is 11.1 Å². The van der Waals surface area contributed by atoms with E-state index in [0.717, 1.165) is 19.4 Å². The highest BCUT2D eigenvalue weighted by atomic mass is 35.5. The predicted octanol–water partition coefficient (Wildman–Crippen LogP) is 5.56. The van der Waals surface area contributed by atoms with E-state index in [4.69, 9.17) is 50.9 Å². The van der Waals surface area contributed by atoms with Crippen molar-refractivity contribution in [3.63, 3.8) is 0 Å². The number of anilines is 1. The van der Waals surface area contributed by atoms with Crippen LogP contribution < -0.4 is 10.2 Å². The van der Waals surface area contributed by atoms with Gasteiger partial charge in [0.25, 0.3) is 5.91 Å². The Balaban J connectivity index is 1.59. The van der Waals surface area contributed by atoms with Crippen LogP contribution in [0, 0.1) is 0 Å². The van der Waals surface area contributed by atoms with Gasteiger partial charge in [-0.25, -0.2) is 0 Å². The molecular weight excluding hydrogens is 522 g/mol. The average molecular weight is 542 g/mol. The molecule has 1 unspecified atom stereocenters. The summed E-state index contributed by atoms with van der Waals surface area (Å²) in [6.07, 6.45) is 3.44. The summed E-state index contributed by atoms with van der Waals surface area (Å²) in [5.74, 6) is -0.143. The summed E-state index contributed by atoms with van der Waals surface area (Å²) in [7, 11) is 0. The molecule has 1 saturated heterocycles. The number of nitrogens with one attached hydrogen (secondary N) is 1. The van der Waals surface area contributed by atoms with Crippen molar-refractivity contribution in [2.24, 2.45) is 0 Å². The predicted molar refractivity (Wildman–Crippen MR) is 134 cm³/mol. The number of halogens is 4. The molecule has 4 rings (SSSR count). The van der Waals surface area contributed by atoms with Gasteiger partial charge in [-0.1, -0.05) is 57.6 Å². The molecule has 0 saturated carbocycles. The van der Waals surface area contributed by atoms with Crippen molar-refractivity contribution in [1.82, 2.24) is 15.5 Å². The third kappa shape index (κ3) is 5.56. The topological polar surface area (TPSA) is 88.3 Å². The van der Waals surface area contributed by atoms with Crippen molar-refractivity contribution < 1.29 is 14.1 Å². The molecule has 0 spiro atoms. The summed E-state index contributed by atoms with van der Waals surface area (Å²) in [4.78, 5) is 29.7. The molecule has 1 aliphatic heterocycles. The first-order chi connectivity index (χ1) is 16.3. The van der Waals surface area contributed by atoms with Gasteiger partial charge in [0.1, 0.15) is 11.4 Å². The smallest absolute Gasteiger partial charge is 0.260 e. The average Bonchev–Trinajstić information content (AvgIpc) is 3.52. The molecular formula is C23H20Cl4N4O3. The Hall–Kier alpha value is -2.16. The van der Waals surface area contributed by atoms with Crippen molar-refractivity contribution in [3.8, 4) is 22.7 Å². The lowest BCUT2D eigenvalue weighted by Crippen LogP contribution is -2.39. The molecule has 1 N–H and O–H groups in total. The summed E-state index contributed by atoms with van der Waals surface area (Å²) in [5, 5.41) is 8.11. The molecule has 3 heterocycles. The maximum atomic E-state index is 12.7. The summed E-state index contributed by atoms with van der Waals surface area (Å²) in [6, 6.07) is 9.90. The quantitative estimate of drug-likeness (QED) is 0.376. The number of Topliss-reactive ketones (excluding diaryl/α,β-unsaturated/α-hetero) is 1. The minimum atomic E-state index is -1.28. The summed E-state index contributed by atoms with van der Waals surface area (Å²) in [5.41, 5.74) is 1.88. The number of hydrogen-bond donors (Lipinski definition) is 1. The number of aromatic nitrogens is 2. The van der Waals surface area contributed by atoms with Gasteiger partial charge in [-0.3, -0.25) is 14.6 Å². The first-order valence-corrected chi connectivity index (χ1v) is 12.2. The van der Waals surface area contributed by atoms with Crippen LogP contribution in [0.25, 0.3) is 22.7 Å². The van der Waals surface area contributed by atoms with Crippen molar-refractivity contribution in [1.29, 1.82) is 0 Å². The first-order valence-electron chi connectivity index (χ1n) is 10.6. The van der Waals surface area contributed by atoms with Crippen LogP contribution in [0.3, 0.4) is 0 Å². The van der Waals surface area contributed by atoms with Crippen molar-refractivity contribution in [3.05, 3.63) is 52.6 Å². The number of rotatable bonds is 8. The molecule has 1 atom stereocenters. The fourth-order valence-corrected chi connectivity index (χ4v) is 4.64. The van der Waals surface area contributed by atoms with Crippen molar-refractivity contribution in [2.75, 3.05) is 18.0 Å². The van der Waals surface area contributed by atoms with Gasteiger partial charge in [0.05, 0.1) is 16.1 Å². The third-order valence-electron chi connectivity index (χ3n) is 5.52. The van der Waals surface area contributed by atoms with Crippen LogP contribution in [0.2, 0.25) is 10.0 Å². The molecule has 0 aliphatic carbocycles. The van der Waals surface area contributed by atoms with E-state index in [2.05, 4.69) is 15.5 Å². The van der Waals surface area contributed by atoms with Gasteiger partial charge in [-0.15, -0.1) is 0 Å². The number of ketones is 1. The maximum absolute atomic E-state index is 12.7. The zero-order chi connectivity index (χ0) is 24.2. The summed E-state index contributed by atoms with van der Waals surface area (Å²) >= 11 is 24.3. The Morgan fingerprint density at radius 2 is 1.91 bits per heavy atom. The van der Waals surface area contributed by atoms with E-state index in [-0.39, 0.29) is 24.8 Å². The summed E-state index contributed by atoms with van der Waals surface area (Å²) in [6.45, 7) is 0.947. The molecule has 7 nitrogen and oxygen atoms in total. The highest BCUT2D eigenvalue weighted by molar-refractivity contribution is 6.54. The largest absolute Gasteiger partial charge is 0.354 e. The highest BCUT2D eigenvalue weighted by Gasteiger charge is 2.27. The van der Waals surface area contributed by atoms with Crippen molar-refractivity contribution in [2.45, 2.75) is 30.1 Å². The molecule has 178 valence electrons. The Bertz CT molecular complexity index is 1170. The number of carbonyl (C=O) groups excluding carboxylic acids is 2. The lowest BCUT2D eigenvalue weighted by molar-refractivity contribution is -0.120. The monoisotopic (exact) mass is 540 g/mol. The van der Waals surface area contributed by atoms with Crippen LogP contribution in [-0.2, 0) is 9.59 Å². The van der Waals surface area contributed by atoms with Crippen LogP contribution in [0.4, 0.5) is 5.69 Å². The Morgan fingerprint density at radius 3 is 2.59 bits per heavy atom. The van der Waals surface area contributed by atoms with E-state index in [9.17, 15) is 9.59 Å². The van der Waals surface area contributed by atoms with Gasteiger partial charge < -0.3 is 14.7 Å². The van der Waals surface area contributed by atoms with Crippen LogP contribution in [0.1, 0.15) is 19.3 Å². The van der Waals surface area contributed by atoms with E-state index >= 15 is 0 Å². The minimum Gasteiger partial charge on any atom is -0.354 e. The van der Waals surface area contributed by atoms with E-state index in [1.54, 1.807) is 36.4 Å². The molecule has 1 fully saturated rings. The standard InChI is InChI=1S/C23H20Cl4N4O3/c24-14-3-1-4-15(25)21(14)18-12-20(34-30-18)17-11-13(6-9-29-17)31(23(33)22(26)27)10-7-19(32)16-5-2-8-28-16/h1,3-4,6,9,11-12,16,22,28H,2,5,7-8,10H2. The van der Waals surface area contributed by atoms with Crippen LogP contribution >= 0.6 is 46.4 Å². The SMILES string of the molecule is O=C(CCN(C(=O)C(Cl)Cl)c1ccnc(-c2cc(-c3c(Cl)cccc3Cl)no2)c1)C1CCCN1. The molecule has 1 aliphatic rings. The van der Waals surface area contributed by atoms with Crippen LogP contribution in [-0.4, -0.2) is 45.8 Å². The van der Waals surface area contributed by atoms with Gasteiger partial charge in [0.2, 0.25) is 0 Å². The van der Waals surface area contributed by atoms with E-state index in [1.807, 2.05) is 0 Å². The second-order valence-corrected chi connectivity index (χ2v) is 9.64. The number of hydrogen-bond acceptors (Lipinski definition) is 6. The van der Waals surface area contributed by atoms with Gasteiger partial charge in [0, 0.05) is 36.5 Å². The maximum Gasteiger partial charge on any atom is 0.260 e. The number of pyridine rings is 1. The lowest BCUT2D eigenvalue weighted by Gasteiger charge is -2.24. The fraction of sp³-hybridized carbons (Fsp3) is 0.304. The third-order valence-corrected chi connectivity index (χ3v) is 6.52. The highest BCUT2D eigenvalue weighted by Crippen LogP contribution is 2.36. The summed E-state index contributed by atoms with van der Waals surface area (Å²) < 4.78 is 5.48. The molecule has 11 heteroatoms. The minimum absolute atomic E-state index is 0.0433. The number of alkyl halides is 2. The van der Waals surface area contributed by atoms with Gasteiger partial charge in [0.15, 0.2) is 16.4 Å². The van der Waals surface area contributed by atoms with Gasteiger partial charge in [-0.05, 0) is 43.7 Å². The zero-order valence-electron chi connectivity index (χ0n) is 17.8. The number of benzene rings is 1. The first kappa shape index (κ1) is 24.9. The Morgan fingerprint density at radius 1 is 1.15 bits per heavy atom. The van der Waals surface area contributed by atoms with Crippen LogP contribution in [0.15, 0.2) is 47.1 Å². The molecule has 0 bridgehead atoms. The van der Waals surface area contributed by atoms with Crippen molar-refractivity contribution >= 4 is 63.8 Å². The van der Waals surface area contributed by atoms with Gasteiger partial charge in [-0.2, -0.15) is 0 Å². The molecule has 2 aromatic heterocycles. The second kappa shape index (κ2) is 11.1. The fourth-order valence-electron chi connectivity index (χ4n) is 3.82. The number of amides is 1. The second-order valence-electron chi connectivity index (χ2n) is 7.73.